The zero-order valence-electron chi connectivity index (χ0n) is 70.7. The highest BCUT2D eigenvalue weighted by molar-refractivity contribution is 6.01. The summed E-state index contributed by atoms with van der Waals surface area (Å²) in [6.45, 7) is 10.5. The minimum absolute atomic E-state index is 0.00871. The smallest absolute Gasteiger partial charge is 0.326 e. The molecule has 0 unspecified atom stereocenters. The highest BCUT2D eigenvalue weighted by atomic mass is 16.4. The molecular formula is C74H128N28O22. The molecule has 0 fully saturated rings. The van der Waals surface area contributed by atoms with Gasteiger partial charge < -0.3 is 156 Å². The van der Waals surface area contributed by atoms with Gasteiger partial charge in [-0.2, -0.15) is 0 Å². The number of amides is 15. The number of primary amides is 2. The van der Waals surface area contributed by atoms with Crippen LogP contribution in [0, 0.1) is 39.4 Å². The maximum absolute atomic E-state index is 14.8. The molecule has 0 aliphatic carbocycles. The third kappa shape index (κ3) is 44.1. The highest BCUT2D eigenvalue weighted by Crippen LogP contribution is 2.15. The molecule has 1 aromatic carbocycles. The maximum atomic E-state index is 14.8. The molecule has 1 aromatic rings. The van der Waals surface area contributed by atoms with E-state index >= 15 is 0 Å². The number of carboxylic acid groups (broad SMARTS) is 2. The molecule has 15 amide bonds. The van der Waals surface area contributed by atoms with Crippen LogP contribution in [0.25, 0.3) is 0 Å². The third-order valence-corrected chi connectivity index (χ3v) is 18.3. The Morgan fingerprint density at radius 2 is 0.629 bits per heavy atom. The Balaban J connectivity index is 3.90. The van der Waals surface area contributed by atoms with Crippen molar-refractivity contribution in [2.75, 3.05) is 32.8 Å². The molecular weight excluding hydrogens is 1630 g/mol. The number of carboxylic acids is 2. The standard InChI is InChI=1S/C74H128N28O22/c1-34(2)28-46(63(116)98-49(32-53(108)109)65(118)91-42(19-13-25-87-72(80)81)60(113)97-48(31-52(77)107)64(117)96-47(29-35(3)4)66(119)102-56(38(8)105)69(122)99-50(70(123)124)30-39-16-10-9-11-17-39)95-61(114)45(22-23-51(76)106)92-58(111)41(18-12-24-86-71(78)79)90-59(112)43(20-14-26-88-73(82)83)93-67(120)54(36(5)6)100-62(115)44(21-15-27-89-74(84)85)94-68(121)55(37(7)104)101-57(110)40(75)33-103/h9-11,16-17,34-38,40-50,54-56,103-105H,12-15,18-33,75H2,1-8H3,(H2,76,106)(H2,77,107)(H,90,112)(H,91,118)(H,92,111)(H,93,120)(H,94,121)(H,95,114)(H,96,117)(H,97,113)(H,98,116)(H,99,122)(H,100,115)(H,101,110)(H,102,119)(H,108,109)(H,123,124)(H4,78,79,86)(H4,80,81,87)(H4,82,83,88)(H4,84,85,89)/t37-,38-,40+,41+,42+,43+,44+,45+,46+,47+,48+,49+,50+,54+,55+,56+/m1/s1. The molecule has 40 N–H and O–H groups in total. The van der Waals surface area contributed by atoms with Crippen molar-refractivity contribution >= 4 is 124 Å². The summed E-state index contributed by atoms with van der Waals surface area (Å²) in [6, 6.07) is -16.1. The molecule has 124 heavy (non-hydrogen) atoms. The molecule has 0 heterocycles. The summed E-state index contributed by atoms with van der Waals surface area (Å²) >= 11 is 0. The van der Waals surface area contributed by atoms with Gasteiger partial charge in [0.05, 0.1) is 31.7 Å². The van der Waals surface area contributed by atoms with Crippen LogP contribution in [0.4, 0.5) is 0 Å². The minimum Gasteiger partial charge on any atom is -0.481 e. The van der Waals surface area contributed by atoms with Crippen LogP contribution in [-0.4, -0.2) is 279 Å². The van der Waals surface area contributed by atoms with E-state index in [-0.39, 0.29) is 90.4 Å². The molecule has 696 valence electrons. The summed E-state index contributed by atoms with van der Waals surface area (Å²) in [4.78, 5) is 235. The van der Waals surface area contributed by atoms with Crippen molar-refractivity contribution in [2.24, 2.45) is 57.9 Å². The monoisotopic (exact) mass is 1760 g/mol. The number of nitrogens with one attached hydrogen (secondary N) is 21. The fraction of sp³-hybridized carbons (Fsp3) is 0.635. The van der Waals surface area contributed by atoms with Crippen molar-refractivity contribution in [1.82, 2.24) is 90.4 Å². The number of guanidine groups is 4. The summed E-state index contributed by atoms with van der Waals surface area (Å²) in [6.07, 6.45) is -8.94. The largest absolute Gasteiger partial charge is 0.481 e. The number of nitrogens with two attached hydrogens (primary N) is 7. The topological polar surface area (TPSA) is 873 Å². The SMILES string of the molecule is CC(C)C[C@H](NC(=O)[C@H](CCC(N)=O)NC(=O)[C@H](CCCNC(=N)N)NC(=O)[C@H](CCCNC(=N)N)NC(=O)[C@@H](NC(=O)[C@H](CCCNC(=N)N)NC(=O)[C@@H](NC(=O)[C@@H](N)CO)[C@@H](C)O)C(C)C)C(=O)N[C@@H](CC(=O)O)C(=O)N[C@@H](CCCNC(=N)N)C(=O)N[C@@H](CC(N)=O)C(=O)N[C@@H](CC(C)C)C(=O)N[C@H](C(=O)N[C@@H](Cc1ccccc1)C(=O)O)[C@@H](C)O. The Morgan fingerprint density at radius 1 is 0.347 bits per heavy atom. The van der Waals surface area contributed by atoms with Gasteiger partial charge in [0.1, 0.15) is 84.6 Å². The number of hydrogen-bond donors (Lipinski definition) is 33. The molecule has 0 bridgehead atoms. The number of aliphatic hydroxyl groups is 3. The Labute approximate surface area is 715 Å². The first-order valence-electron chi connectivity index (χ1n) is 40.0. The molecule has 50 heteroatoms. The highest BCUT2D eigenvalue weighted by Gasteiger charge is 2.40. The lowest BCUT2D eigenvalue weighted by molar-refractivity contribution is -0.143. The quantitative estimate of drug-likeness (QED) is 0.0164. The molecule has 16 atom stereocenters. The van der Waals surface area contributed by atoms with Crippen LogP contribution in [-0.2, 0) is 87.9 Å². The average Bonchev–Trinajstić information content (AvgIpc) is 0.860. The van der Waals surface area contributed by atoms with Gasteiger partial charge in [0.25, 0.3) is 0 Å². The van der Waals surface area contributed by atoms with E-state index in [9.17, 15) is 107 Å². The summed E-state index contributed by atoms with van der Waals surface area (Å²) in [5, 5.41) is 122. The van der Waals surface area contributed by atoms with E-state index in [2.05, 4.69) is 90.4 Å². The maximum Gasteiger partial charge on any atom is 0.326 e. The van der Waals surface area contributed by atoms with Crippen LogP contribution >= 0.6 is 0 Å². The van der Waals surface area contributed by atoms with E-state index in [0.717, 1.165) is 13.8 Å². The van der Waals surface area contributed by atoms with Gasteiger partial charge in [-0.15, -0.1) is 0 Å². The van der Waals surface area contributed by atoms with Crippen molar-refractivity contribution in [1.29, 1.82) is 21.6 Å². The van der Waals surface area contributed by atoms with E-state index in [1.807, 2.05) is 0 Å². The van der Waals surface area contributed by atoms with Crippen molar-refractivity contribution in [3.8, 4) is 0 Å². The predicted molar refractivity (Wildman–Crippen MR) is 446 cm³/mol. The molecule has 0 saturated carbocycles. The van der Waals surface area contributed by atoms with Crippen LogP contribution in [0.15, 0.2) is 30.3 Å². The van der Waals surface area contributed by atoms with E-state index < -0.39 is 278 Å². The van der Waals surface area contributed by atoms with E-state index in [1.165, 1.54) is 13.8 Å². The molecule has 0 spiro atoms. The molecule has 50 nitrogen and oxygen atoms in total. The summed E-state index contributed by atoms with van der Waals surface area (Å²) in [7, 11) is 0. The molecule has 0 saturated heterocycles. The summed E-state index contributed by atoms with van der Waals surface area (Å²) in [5.74, 6) is -24.1. The third-order valence-electron chi connectivity index (χ3n) is 18.3. The first-order valence-corrected chi connectivity index (χ1v) is 40.0. The van der Waals surface area contributed by atoms with Crippen LogP contribution < -0.4 is 131 Å². The second-order valence-corrected chi connectivity index (χ2v) is 30.6. The van der Waals surface area contributed by atoms with Crippen molar-refractivity contribution in [3.05, 3.63) is 35.9 Å². The molecule has 1 rings (SSSR count). The van der Waals surface area contributed by atoms with Gasteiger partial charge in [-0.05, 0) is 108 Å². The number of carbonyl (C=O) groups excluding carboxylic acids is 15. The number of aliphatic carboxylic acids is 2. The van der Waals surface area contributed by atoms with E-state index in [0.29, 0.717) is 5.56 Å². The molecule has 0 radical (unpaired) electrons. The lowest BCUT2D eigenvalue weighted by atomic mass is 10.00. The van der Waals surface area contributed by atoms with Crippen LogP contribution in [0.5, 0.6) is 0 Å². The van der Waals surface area contributed by atoms with Crippen molar-refractivity contribution in [2.45, 2.75) is 248 Å². The fourth-order valence-electron chi connectivity index (χ4n) is 11.9. The van der Waals surface area contributed by atoms with E-state index in [1.54, 1.807) is 58.0 Å². The van der Waals surface area contributed by atoms with Crippen LogP contribution in [0.2, 0.25) is 0 Å². The van der Waals surface area contributed by atoms with Crippen LogP contribution in [0.3, 0.4) is 0 Å². The van der Waals surface area contributed by atoms with Crippen LogP contribution in [0.1, 0.15) is 151 Å². The predicted octanol–water partition coefficient (Wildman–Crippen LogP) is -10.9. The Morgan fingerprint density at radius 3 is 0.944 bits per heavy atom. The number of carbonyl (C=O) groups is 17. The van der Waals surface area contributed by atoms with E-state index in [4.69, 9.17) is 61.8 Å². The lowest BCUT2D eigenvalue weighted by Gasteiger charge is -2.29. The van der Waals surface area contributed by atoms with Gasteiger partial charge in [-0.3, -0.25) is 98.3 Å². The minimum atomic E-state index is -2.14. The molecule has 0 aliphatic heterocycles. The Kier molecular flexibility index (Phi) is 49.9. The first-order chi connectivity index (χ1) is 58.0. The zero-order valence-corrected chi connectivity index (χ0v) is 70.7. The zero-order chi connectivity index (χ0) is 94.4. The van der Waals surface area contributed by atoms with Crippen molar-refractivity contribution < 1.29 is 107 Å². The number of rotatable bonds is 60. The molecule has 0 aromatic heterocycles. The first kappa shape index (κ1) is 109. The second-order valence-electron chi connectivity index (χ2n) is 30.6. The molecule has 0 aliphatic rings. The van der Waals surface area contributed by atoms with Gasteiger partial charge >= 0.3 is 11.9 Å². The number of hydrogen-bond acceptors (Lipinski definition) is 25. The van der Waals surface area contributed by atoms with Crippen molar-refractivity contribution in [3.63, 3.8) is 0 Å². The lowest BCUT2D eigenvalue weighted by Crippen LogP contribution is -2.62. The van der Waals surface area contributed by atoms with Gasteiger partial charge in [0.2, 0.25) is 88.6 Å². The number of benzene rings is 1. The van der Waals surface area contributed by atoms with Gasteiger partial charge in [0, 0.05) is 39.0 Å². The fourth-order valence-corrected chi connectivity index (χ4v) is 11.9. The van der Waals surface area contributed by atoms with Gasteiger partial charge in [-0.1, -0.05) is 71.9 Å². The van der Waals surface area contributed by atoms with Gasteiger partial charge in [0.15, 0.2) is 23.8 Å². The normalized spacial score (nSPS) is 14.9. The number of aliphatic hydroxyl groups excluding tert-OH is 3. The summed E-state index contributed by atoms with van der Waals surface area (Å²) < 4.78 is 0. The van der Waals surface area contributed by atoms with Gasteiger partial charge in [-0.25, -0.2) is 4.79 Å². The second kappa shape index (κ2) is 56.7. The summed E-state index contributed by atoms with van der Waals surface area (Å²) in [5.41, 5.74) is 39.1. The Bertz CT molecular complexity index is 3820. The Hall–Kier alpha value is -12.9. The average molecular weight is 1760 g/mol.